The van der Waals surface area contributed by atoms with E-state index < -0.39 is 5.97 Å². The second-order valence-corrected chi connectivity index (χ2v) is 7.29. The first-order valence-electron chi connectivity index (χ1n) is 8.77. The van der Waals surface area contributed by atoms with E-state index in [0.717, 1.165) is 28.3 Å². The molecular weight excluding hydrogens is 381 g/mol. The van der Waals surface area contributed by atoms with Crippen LogP contribution in [0.25, 0.3) is 16.9 Å². The van der Waals surface area contributed by atoms with Crippen molar-refractivity contribution in [3.05, 3.63) is 52.9 Å². The number of hydrogen-bond donors (Lipinski definition) is 2. The molecule has 1 amide bonds. The lowest BCUT2D eigenvalue weighted by atomic mass is 10.2. The van der Waals surface area contributed by atoms with Crippen molar-refractivity contribution in [3.63, 3.8) is 0 Å². The number of aliphatic carboxylic acids is 1. The van der Waals surface area contributed by atoms with Crippen LogP contribution in [-0.2, 0) is 9.59 Å². The lowest BCUT2D eigenvalue weighted by molar-refractivity contribution is -0.137. The maximum absolute atomic E-state index is 13.2. The average molecular weight is 401 g/mol. The van der Waals surface area contributed by atoms with Crippen LogP contribution in [0.1, 0.15) is 30.7 Å². The summed E-state index contributed by atoms with van der Waals surface area (Å²) in [5.41, 5.74) is 4.50. The van der Waals surface area contributed by atoms with Crippen LogP contribution in [0, 0.1) is 19.7 Å². The largest absolute Gasteiger partial charge is 0.481 e. The molecule has 0 radical (unpaired) electrons. The third-order valence-corrected chi connectivity index (χ3v) is 5.09. The van der Waals surface area contributed by atoms with E-state index in [4.69, 9.17) is 5.11 Å². The molecule has 0 atom stereocenters. The van der Waals surface area contributed by atoms with Gasteiger partial charge in [0.2, 0.25) is 5.91 Å². The summed E-state index contributed by atoms with van der Waals surface area (Å²) >= 11 is 1.32. The number of thiazole rings is 1. The Balaban J connectivity index is 1.76. The lowest BCUT2D eigenvalue weighted by Crippen LogP contribution is -2.11. The summed E-state index contributed by atoms with van der Waals surface area (Å²) in [5.74, 6) is -1.45. The molecule has 3 rings (SSSR count). The minimum Gasteiger partial charge on any atom is -0.481 e. The van der Waals surface area contributed by atoms with Gasteiger partial charge in [-0.2, -0.15) is 0 Å². The van der Waals surface area contributed by atoms with Gasteiger partial charge in [-0.3, -0.25) is 9.59 Å². The van der Waals surface area contributed by atoms with Gasteiger partial charge < -0.3 is 15.0 Å². The molecule has 0 aliphatic rings. The van der Waals surface area contributed by atoms with Crippen molar-refractivity contribution in [2.24, 2.45) is 0 Å². The number of carbonyl (C=O) groups excluding carboxylic acids is 1. The molecule has 0 unspecified atom stereocenters. The highest BCUT2D eigenvalue weighted by Crippen LogP contribution is 2.31. The van der Waals surface area contributed by atoms with Crippen LogP contribution in [0.3, 0.4) is 0 Å². The molecule has 2 aromatic heterocycles. The van der Waals surface area contributed by atoms with Crippen LogP contribution in [-0.4, -0.2) is 26.5 Å². The quantitative estimate of drug-likeness (QED) is 0.608. The van der Waals surface area contributed by atoms with Crippen LogP contribution in [0.4, 0.5) is 9.52 Å². The molecule has 0 fully saturated rings. The number of hydrogen-bond acceptors (Lipinski definition) is 4. The molecule has 2 heterocycles. The number of carboxylic acid groups (broad SMARTS) is 1. The Morgan fingerprint density at radius 3 is 2.61 bits per heavy atom. The Hall–Kier alpha value is -3.00. The first-order valence-corrected chi connectivity index (χ1v) is 9.65. The summed E-state index contributed by atoms with van der Waals surface area (Å²) in [5, 5.41) is 13.7. The number of rotatable bonds is 7. The number of carbonyl (C=O) groups is 2. The monoisotopic (exact) mass is 401 g/mol. The molecule has 8 heteroatoms. The summed E-state index contributed by atoms with van der Waals surface area (Å²) in [4.78, 5) is 26.9. The van der Waals surface area contributed by atoms with Gasteiger partial charge in [0.25, 0.3) is 0 Å². The fourth-order valence-corrected chi connectivity index (χ4v) is 3.77. The Kier molecular flexibility index (Phi) is 5.89. The van der Waals surface area contributed by atoms with Gasteiger partial charge in [0.05, 0.1) is 5.69 Å². The number of benzene rings is 1. The topological polar surface area (TPSA) is 84.2 Å². The SMILES string of the molecule is Cc1cc(-c2csc(NC(=O)CCCC(=O)O)n2)c(C)n1-c1ccc(F)cc1. The van der Waals surface area contributed by atoms with Gasteiger partial charge in [0, 0.05) is 40.9 Å². The molecule has 146 valence electrons. The van der Waals surface area contributed by atoms with E-state index in [1.54, 1.807) is 12.1 Å². The highest BCUT2D eigenvalue weighted by Gasteiger charge is 2.15. The Labute approximate surface area is 165 Å². The fourth-order valence-electron chi connectivity index (χ4n) is 3.05. The first-order chi connectivity index (χ1) is 13.3. The van der Waals surface area contributed by atoms with Crippen LogP contribution in [0.2, 0.25) is 0 Å². The van der Waals surface area contributed by atoms with Gasteiger partial charge >= 0.3 is 5.97 Å². The highest BCUT2D eigenvalue weighted by atomic mass is 32.1. The molecule has 0 saturated heterocycles. The van der Waals surface area contributed by atoms with E-state index >= 15 is 0 Å². The van der Waals surface area contributed by atoms with Gasteiger partial charge in [0.15, 0.2) is 5.13 Å². The Morgan fingerprint density at radius 2 is 1.93 bits per heavy atom. The molecule has 1 aromatic carbocycles. The van der Waals surface area contributed by atoms with Crippen LogP contribution in [0.5, 0.6) is 0 Å². The molecule has 0 saturated carbocycles. The standard InChI is InChI=1S/C20H20FN3O3S/c1-12-10-16(13(2)24(12)15-8-6-14(21)7-9-15)17-11-28-20(22-17)23-18(25)4-3-5-19(26)27/h6-11H,3-5H2,1-2H3,(H,26,27)(H,22,23,25). The van der Waals surface area contributed by atoms with Crippen molar-refractivity contribution in [1.82, 2.24) is 9.55 Å². The van der Waals surface area contributed by atoms with E-state index in [-0.39, 0.29) is 31.0 Å². The number of anilines is 1. The molecule has 28 heavy (non-hydrogen) atoms. The van der Waals surface area contributed by atoms with Gasteiger partial charge in [-0.05, 0) is 50.6 Å². The number of aromatic nitrogens is 2. The predicted octanol–water partition coefficient (Wildman–Crippen LogP) is 4.55. The molecule has 0 spiro atoms. The van der Waals surface area contributed by atoms with Crippen LogP contribution < -0.4 is 5.32 Å². The zero-order valence-electron chi connectivity index (χ0n) is 15.5. The van der Waals surface area contributed by atoms with E-state index in [2.05, 4.69) is 10.3 Å². The molecule has 0 aliphatic carbocycles. The lowest BCUT2D eigenvalue weighted by Gasteiger charge is -2.09. The molecule has 6 nitrogen and oxygen atoms in total. The fraction of sp³-hybridized carbons (Fsp3) is 0.250. The Morgan fingerprint density at radius 1 is 1.21 bits per heavy atom. The Bertz CT molecular complexity index is 1010. The molecule has 0 aliphatic heterocycles. The van der Waals surface area contributed by atoms with E-state index in [1.165, 1.54) is 23.5 Å². The summed E-state index contributed by atoms with van der Waals surface area (Å²) in [6, 6.07) is 8.31. The summed E-state index contributed by atoms with van der Waals surface area (Å²) in [6.07, 6.45) is 0.393. The highest BCUT2D eigenvalue weighted by molar-refractivity contribution is 7.14. The van der Waals surface area contributed by atoms with Crippen LogP contribution >= 0.6 is 11.3 Å². The van der Waals surface area contributed by atoms with Crippen LogP contribution in [0.15, 0.2) is 35.7 Å². The number of halogens is 1. The average Bonchev–Trinajstić information content (AvgIpc) is 3.20. The summed E-state index contributed by atoms with van der Waals surface area (Å²) < 4.78 is 15.2. The molecule has 3 aromatic rings. The molecular formula is C20H20FN3O3S. The van der Waals surface area contributed by atoms with Crippen molar-refractivity contribution in [1.29, 1.82) is 0 Å². The third-order valence-electron chi connectivity index (χ3n) is 4.34. The second-order valence-electron chi connectivity index (χ2n) is 6.43. The van der Waals surface area contributed by atoms with Gasteiger partial charge in [-0.15, -0.1) is 11.3 Å². The number of carboxylic acids is 1. The number of amides is 1. The number of nitrogens with zero attached hydrogens (tertiary/aromatic N) is 2. The normalized spacial score (nSPS) is 10.8. The summed E-state index contributed by atoms with van der Waals surface area (Å²) in [7, 11) is 0. The van der Waals surface area contributed by atoms with Crippen molar-refractivity contribution in [2.75, 3.05) is 5.32 Å². The van der Waals surface area contributed by atoms with Gasteiger partial charge in [0.1, 0.15) is 5.82 Å². The third kappa shape index (κ3) is 4.45. The van der Waals surface area contributed by atoms with Crippen molar-refractivity contribution in [2.45, 2.75) is 33.1 Å². The maximum Gasteiger partial charge on any atom is 0.303 e. The van der Waals surface area contributed by atoms with Crippen molar-refractivity contribution in [3.8, 4) is 16.9 Å². The zero-order chi connectivity index (χ0) is 20.3. The van der Waals surface area contributed by atoms with Gasteiger partial charge in [-0.25, -0.2) is 9.37 Å². The first kappa shape index (κ1) is 19.8. The van der Waals surface area contributed by atoms with E-state index in [9.17, 15) is 14.0 Å². The predicted molar refractivity (Wildman–Crippen MR) is 106 cm³/mol. The number of nitrogens with one attached hydrogen (secondary N) is 1. The number of aryl methyl sites for hydroxylation is 1. The molecule has 0 bridgehead atoms. The van der Waals surface area contributed by atoms with Gasteiger partial charge in [-0.1, -0.05) is 0 Å². The smallest absolute Gasteiger partial charge is 0.303 e. The van der Waals surface area contributed by atoms with E-state index in [1.807, 2.05) is 29.9 Å². The van der Waals surface area contributed by atoms with Crippen molar-refractivity contribution >= 4 is 28.3 Å². The minimum absolute atomic E-state index is 0.0358. The molecule has 2 N–H and O–H groups in total. The van der Waals surface area contributed by atoms with E-state index in [0.29, 0.717) is 5.13 Å². The second kappa shape index (κ2) is 8.35. The summed E-state index contributed by atoms with van der Waals surface area (Å²) in [6.45, 7) is 3.94. The maximum atomic E-state index is 13.2. The zero-order valence-corrected chi connectivity index (χ0v) is 16.3. The van der Waals surface area contributed by atoms with Crippen molar-refractivity contribution < 1.29 is 19.1 Å². The minimum atomic E-state index is -0.916.